The highest BCUT2D eigenvalue weighted by atomic mass is 79.9. The maximum absolute atomic E-state index is 12.3. The third-order valence-electron chi connectivity index (χ3n) is 4.16. The topological polar surface area (TPSA) is 97.4 Å². The fourth-order valence-corrected chi connectivity index (χ4v) is 3.01. The van der Waals surface area contributed by atoms with E-state index >= 15 is 0 Å². The minimum atomic E-state index is -0.162. The highest BCUT2D eigenvalue weighted by Gasteiger charge is 2.14. The highest BCUT2D eigenvalue weighted by Crippen LogP contribution is 2.32. The van der Waals surface area contributed by atoms with Crippen LogP contribution >= 0.6 is 15.9 Å². The Morgan fingerprint density at radius 2 is 1.87 bits per heavy atom. The first-order chi connectivity index (χ1) is 14.5. The molecule has 0 atom stereocenters. The summed E-state index contributed by atoms with van der Waals surface area (Å²) in [7, 11) is 3.18. The number of hydrogen-bond donors (Lipinski definition) is 3. The van der Waals surface area contributed by atoms with Gasteiger partial charge in [0.25, 0.3) is 5.91 Å². The van der Waals surface area contributed by atoms with Crippen molar-refractivity contribution in [2.75, 3.05) is 31.4 Å². The number of nitrogens with zero attached hydrogens (tertiary/aromatic N) is 2. The predicted octanol–water partition coefficient (Wildman–Crippen LogP) is 4.49. The number of aromatic nitrogens is 2. The van der Waals surface area contributed by atoms with Gasteiger partial charge in [-0.05, 0) is 47.1 Å². The minimum Gasteiger partial charge on any atom is -0.497 e. The van der Waals surface area contributed by atoms with Crippen LogP contribution in [0.25, 0.3) is 0 Å². The molecule has 0 spiro atoms. The normalized spacial score (nSPS) is 10.3. The fraction of sp³-hybridized carbons (Fsp3) is 0.190. The molecule has 0 aliphatic heterocycles. The fourth-order valence-electron chi connectivity index (χ4n) is 2.72. The molecule has 0 saturated carbocycles. The zero-order valence-electron chi connectivity index (χ0n) is 16.8. The summed E-state index contributed by atoms with van der Waals surface area (Å²) in [6.45, 7) is 2.42. The highest BCUT2D eigenvalue weighted by molar-refractivity contribution is 9.10. The van der Waals surface area contributed by atoms with E-state index in [1.807, 2.05) is 25.1 Å². The molecular weight excluding hydrogens is 450 g/mol. The maximum Gasteiger partial charge on any atom is 0.253 e. The Kier molecular flexibility index (Phi) is 7.08. The number of halogens is 1. The lowest BCUT2D eigenvalue weighted by atomic mass is 10.1. The van der Waals surface area contributed by atoms with Crippen LogP contribution in [0.5, 0.6) is 11.5 Å². The van der Waals surface area contributed by atoms with E-state index in [-0.39, 0.29) is 5.91 Å². The lowest BCUT2D eigenvalue weighted by molar-refractivity contribution is 0.0956. The SMILES string of the molecule is CCNC(=O)c1ccccc1Nc1nc(Nc2cc(OC)ccc2OC)ncc1Br. The maximum atomic E-state index is 12.3. The first kappa shape index (κ1) is 21.4. The molecule has 0 aliphatic rings. The molecule has 3 aromatic rings. The van der Waals surface area contributed by atoms with Gasteiger partial charge in [-0.3, -0.25) is 4.79 Å². The number of rotatable bonds is 8. The van der Waals surface area contributed by atoms with Gasteiger partial charge in [0, 0.05) is 18.8 Å². The molecule has 0 unspecified atom stereocenters. The van der Waals surface area contributed by atoms with Crippen LogP contribution in [0.3, 0.4) is 0 Å². The van der Waals surface area contributed by atoms with Crippen molar-refractivity contribution >= 4 is 45.0 Å². The van der Waals surface area contributed by atoms with Crippen molar-refractivity contribution in [3.63, 3.8) is 0 Å². The minimum absolute atomic E-state index is 0.162. The molecule has 3 rings (SSSR count). The summed E-state index contributed by atoms with van der Waals surface area (Å²) in [6.07, 6.45) is 1.62. The molecule has 0 fully saturated rings. The number of ether oxygens (including phenoxy) is 2. The predicted molar refractivity (Wildman–Crippen MR) is 120 cm³/mol. The standard InChI is InChI=1S/C21H22BrN5O3/c1-4-23-20(28)14-7-5-6-8-16(14)25-19-15(22)12-24-21(27-19)26-17-11-13(29-2)9-10-18(17)30-3/h5-12H,4H2,1-3H3,(H,23,28)(H2,24,25,26,27). The lowest BCUT2D eigenvalue weighted by Gasteiger charge is -2.14. The van der Waals surface area contributed by atoms with Crippen LogP contribution in [0.2, 0.25) is 0 Å². The van der Waals surface area contributed by atoms with E-state index in [2.05, 4.69) is 41.8 Å². The molecule has 0 aliphatic carbocycles. The molecule has 1 amide bonds. The summed E-state index contributed by atoms with van der Waals surface area (Å²) < 4.78 is 11.3. The van der Waals surface area contributed by atoms with Gasteiger partial charge in [-0.2, -0.15) is 4.98 Å². The summed E-state index contributed by atoms with van der Waals surface area (Å²) in [5, 5.41) is 9.15. The van der Waals surface area contributed by atoms with Crippen LogP contribution in [0.15, 0.2) is 53.1 Å². The molecule has 0 saturated heterocycles. The van der Waals surface area contributed by atoms with Crippen molar-refractivity contribution in [1.29, 1.82) is 0 Å². The Morgan fingerprint density at radius 1 is 1.07 bits per heavy atom. The number of amides is 1. The number of hydrogen-bond acceptors (Lipinski definition) is 7. The third kappa shape index (κ3) is 4.98. The summed E-state index contributed by atoms with van der Waals surface area (Å²) >= 11 is 3.46. The average molecular weight is 472 g/mol. The van der Waals surface area contributed by atoms with Gasteiger partial charge in [0.1, 0.15) is 17.3 Å². The Balaban J connectivity index is 1.90. The first-order valence-electron chi connectivity index (χ1n) is 9.21. The average Bonchev–Trinajstić information content (AvgIpc) is 2.76. The van der Waals surface area contributed by atoms with Gasteiger partial charge < -0.3 is 25.4 Å². The Hall–Kier alpha value is -3.33. The van der Waals surface area contributed by atoms with E-state index in [0.29, 0.717) is 51.2 Å². The van der Waals surface area contributed by atoms with Gasteiger partial charge in [0.15, 0.2) is 0 Å². The third-order valence-corrected chi connectivity index (χ3v) is 4.74. The summed E-state index contributed by atoms with van der Waals surface area (Å²) in [6, 6.07) is 12.6. The number of carbonyl (C=O) groups is 1. The molecule has 9 heteroatoms. The monoisotopic (exact) mass is 471 g/mol. The van der Waals surface area contributed by atoms with Crippen LogP contribution in [0.1, 0.15) is 17.3 Å². The van der Waals surface area contributed by atoms with Crippen LogP contribution in [-0.2, 0) is 0 Å². The first-order valence-corrected chi connectivity index (χ1v) is 10.0. The lowest BCUT2D eigenvalue weighted by Crippen LogP contribution is -2.23. The second kappa shape index (κ2) is 9.93. The van der Waals surface area contributed by atoms with Gasteiger partial charge in [0.2, 0.25) is 5.95 Å². The number of carbonyl (C=O) groups excluding carboxylic acids is 1. The van der Waals surface area contributed by atoms with Crippen molar-refractivity contribution in [2.24, 2.45) is 0 Å². The van der Waals surface area contributed by atoms with Crippen molar-refractivity contribution in [1.82, 2.24) is 15.3 Å². The van der Waals surface area contributed by atoms with E-state index in [9.17, 15) is 4.79 Å². The summed E-state index contributed by atoms with van der Waals surface area (Å²) in [4.78, 5) is 21.2. The number of anilines is 4. The quantitative estimate of drug-likeness (QED) is 0.444. The molecule has 8 nitrogen and oxygen atoms in total. The van der Waals surface area contributed by atoms with E-state index in [4.69, 9.17) is 9.47 Å². The van der Waals surface area contributed by atoms with E-state index in [0.717, 1.165) is 0 Å². The van der Waals surface area contributed by atoms with Gasteiger partial charge >= 0.3 is 0 Å². The van der Waals surface area contributed by atoms with Crippen LogP contribution in [-0.4, -0.2) is 36.6 Å². The zero-order valence-corrected chi connectivity index (χ0v) is 18.4. The van der Waals surface area contributed by atoms with E-state index in [1.54, 1.807) is 44.7 Å². The van der Waals surface area contributed by atoms with Gasteiger partial charge in [-0.1, -0.05) is 12.1 Å². The van der Waals surface area contributed by atoms with Gasteiger partial charge in [0.05, 0.1) is 35.6 Å². The van der Waals surface area contributed by atoms with Crippen molar-refractivity contribution < 1.29 is 14.3 Å². The van der Waals surface area contributed by atoms with Crippen LogP contribution < -0.4 is 25.4 Å². The Bertz CT molecular complexity index is 1040. The van der Waals surface area contributed by atoms with E-state index in [1.165, 1.54) is 0 Å². The number of methoxy groups -OCH3 is 2. The second-order valence-corrected chi connectivity index (χ2v) is 6.97. The molecule has 2 aromatic carbocycles. The molecule has 30 heavy (non-hydrogen) atoms. The smallest absolute Gasteiger partial charge is 0.253 e. The Morgan fingerprint density at radius 3 is 2.60 bits per heavy atom. The van der Waals surface area contributed by atoms with Crippen molar-refractivity contribution in [3.8, 4) is 11.5 Å². The number of benzene rings is 2. The number of para-hydroxylation sites is 1. The van der Waals surface area contributed by atoms with Crippen LogP contribution in [0.4, 0.5) is 23.1 Å². The van der Waals surface area contributed by atoms with Crippen molar-refractivity contribution in [2.45, 2.75) is 6.92 Å². The molecular formula is C21H22BrN5O3. The number of nitrogens with one attached hydrogen (secondary N) is 3. The molecule has 156 valence electrons. The molecule has 0 radical (unpaired) electrons. The molecule has 1 heterocycles. The molecule has 0 bridgehead atoms. The largest absolute Gasteiger partial charge is 0.497 e. The van der Waals surface area contributed by atoms with Gasteiger partial charge in [-0.25, -0.2) is 4.98 Å². The summed E-state index contributed by atoms with van der Waals surface area (Å²) in [5.41, 5.74) is 1.81. The summed E-state index contributed by atoms with van der Waals surface area (Å²) in [5.74, 6) is 1.99. The van der Waals surface area contributed by atoms with E-state index < -0.39 is 0 Å². The van der Waals surface area contributed by atoms with Crippen LogP contribution in [0, 0.1) is 0 Å². The zero-order chi connectivity index (χ0) is 21.5. The van der Waals surface area contributed by atoms with Crippen molar-refractivity contribution in [3.05, 3.63) is 58.7 Å². The molecule has 1 aromatic heterocycles. The Labute approximate surface area is 183 Å². The molecule has 3 N–H and O–H groups in total. The second-order valence-electron chi connectivity index (χ2n) is 6.11. The van der Waals surface area contributed by atoms with Gasteiger partial charge in [-0.15, -0.1) is 0 Å².